The maximum Gasteiger partial charge on any atom is 0.321 e. The number of rotatable bonds is 2. The molecule has 0 atom stereocenters. The van der Waals surface area contributed by atoms with Crippen LogP contribution in [0.2, 0.25) is 0 Å². The topological polar surface area (TPSA) is 116 Å². The fourth-order valence-electron chi connectivity index (χ4n) is 0.807. The van der Waals surface area contributed by atoms with E-state index in [-0.39, 0.29) is 4.60 Å². The first-order chi connectivity index (χ1) is 6.34. The second kappa shape index (κ2) is 3.59. The minimum Gasteiger partial charge on any atom is -0.258 e. The molecule has 0 unspecified atom stereocenters. The highest BCUT2D eigenvalue weighted by atomic mass is 79.9. The summed E-state index contributed by atoms with van der Waals surface area (Å²) in [6.45, 7) is 0. The first kappa shape index (κ1) is 11.0. The van der Waals surface area contributed by atoms with Crippen LogP contribution in [-0.4, -0.2) is 18.3 Å². The van der Waals surface area contributed by atoms with Gasteiger partial charge in [0, 0.05) is 6.20 Å². The Hall–Kier alpha value is -1.06. The zero-order valence-electron chi connectivity index (χ0n) is 6.55. The van der Waals surface area contributed by atoms with Gasteiger partial charge in [-0.15, -0.1) is 0 Å². The van der Waals surface area contributed by atoms with Gasteiger partial charge in [-0.1, -0.05) is 0 Å². The highest BCUT2D eigenvalue weighted by Gasteiger charge is 2.26. The summed E-state index contributed by atoms with van der Waals surface area (Å²) in [7, 11) is -4.11. The molecule has 0 saturated heterocycles. The van der Waals surface area contributed by atoms with E-state index in [1.54, 1.807) is 0 Å². The Morgan fingerprint density at radius 3 is 2.50 bits per heavy atom. The minimum absolute atomic E-state index is 0.172. The van der Waals surface area contributed by atoms with E-state index in [0.717, 1.165) is 12.3 Å². The number of nitro groups is 1. The van der Waals surface area contributed by atoms with Gasteiger partial charge in [0.05, 0.1) is 4.92 Å². The molecule has 0 spiro atoms. The molecule has 0 fully saturated rings. The van der Waals surface area contributed by atoms with Crippen LogP contribution < -0.4 is 5.14 Å². The van der Waals surface area contributed by atoms with Gasteiger partial charge >= 0.3 is 5.69 Å². The standard InChI is InChI=1S/C5H4BrN3O4S/c6-5-4(9(10)11)3(1-2-8-5)14(7,12)13/h1-2H,(H2,7,12,13). The van der Waals surface area contributed by atoms with Gasteiger partial charge in [0.15, 0.2) is 9.50 Å². The molecule has 0 amide bonds. The van der Waals surface area contributed by atoms with Crippen LogP contribution in [0.15, 0.2) is 21.8 Å². The third-order valence-corrected chi connectivity index (χ3v) is 2.85. The van der Waals surface area contributed by atoms with Crippen molar-refractivity contribution in [3.8, 4) is 0 Å². The summed E-state index contributed by atoms with van der Waals surface area (Å²) in [5.74, 6) is 0. The average Bonchev–Trinajstić information content (AvgIpc) is 2.01. The summed E-state index contributed by atoms with van der Waals surface area (Å²) in [5, 5.41) is 15.3. The van der Waals surface area contributed by atoms with Crippen LogP contribution in [0.3, 0.4) is 0 Å². The van der Waals surface area contributed by atoms with E-state index in [1.165, 1.54) is 0 Å². The normalized spacial score (nSPS) is 11.3. The van der Waals surface area contributed by atoms with Crippen LogP contribution in [0.4, 0.5) is 5.69 Å². The number of nitrogens with zero attached hydrogens (tertiary/aromatic N) is 2. The summed E-state index contributed by atoms with van der Waals surface area (Å²) in [6.07, 6.45) is 1.11. The first-order valence-corrected chi connectivity index (χ1v) is 5.49. The molecule has 0 radical (unpaired) electrons. The Balaban J connectivity index is 3.61. The zero-order chi connectivity index (χ0) is 10.9. The van der Waals surface area contributed by atoms with Crippen molar-refractivity contribution in [2.45, 2.75) is 4.90 Å². The summed E-state index contributed by atoms with van der Waals surface area (Å²) < 4.78 is 21.7. The molecule has 9 heteroatoms. The first-order valence-electron chi connectivity index (χ1n) is 3.15. The molecule has 76 valence electrons. The van der Waals surface area contributed by atoms with Crippen LogP contribution in [0.5, 0.6) is 0 Å². The maximum atomic E-state index is 10.9. The zero-order valence-corrected chi connectivity index (χ0v) is 8.95. The summed E-state index contributed by atoms with van der Waals surface area (Å²) >= 11 is 2.77. The lowest BCUT2D eigenvalue weighted by Crippen LogP contribution is -2.14. The molecular weight excluding hydrogens is 278 g/mol. The van der Waals surface area contributed by atoms with E-state index in [9.17, 15) is 18.5 Å². The highest BCUT2D eigenvalue weighted by Crippen LogP contribution is 2.28. The van der Waals surface area contributed by atoms with Gasteiger partial charge in [-0.05, 0) is 22.0 Å². The van der Waals surface area contributed by atoms with E-state index < -0.39 is 25.5 Å². The Bertz CT molecular complexity index is 486. The van der Waals surface area contributed by atoms with Gasteiger partial charge in [0.25, 0.3) is 0 Å². The fourth-order valence-corrected chi connectivity index (χ4v) is 2.11. The highest BCUT2D eigenvalue weighted by molar-refractivity contribution is 9.10. The van der Waals surface area contributed by atoms with Crippen molar-refractivity contribution in [2.24, 2.45) is 5.14 Å². The number of nitrogens with two attached hydrogens (primary N) is 1. The van der Waals surface area contributed by atoms with Crippen molar-refractivity contribution in [3.63, 3.8) is 0 Å². The largest absolute Gasteiger partial charge is 0.321 e. The second-order valence-electron chi connectivity index (χ2n) is 2.25. The van der Waals surface area contributed by atoms with Crippen LogP contribution in [0, 0.1) is 10.1 Å². The van der Waals surface area contributed by atoms with Gasteiger partial charge in [0.2, 0.25) is 10.0 Å². The number of halogens is 1. The summed E-state index contributed by atoms with van der Waals surface area (Å²) in [5.41, 5.74) is -0.657. The van der Waals surface area contributed by atoms with E-state index in [1.807, 2.05) is 0 Å². The number of pyridine rings is 1. The van der Waals surface area contributed by atoms with Crippen molar-refractivity contribution in [1.82, 2.24) is 4.98 Å². The monoisotopic (exact) mass is 281 g/mol. The van der Waals surface area contributed by atoms with Crippen LogP contribution >= 0.6 is 15.9 Å². The fraction of sp³-hybridized carbons (Fsp3) is 0. The molecule has 1 aromatic rings. The predicted octanol–water partition coefficient (Wildman–Crippen LogP) is 0.400. The number of hydrogen-bond acceptors (Lipinski definition) is 5. The van der Waals surface area contributed by atoms with Crippen molar-refractivity contribution >= 4 is 31.6 Å². The van der Waals surface area contributed by atoms with Crippen LogP contribution in [0.1, 0.15) is 0 Å². The van der Waals surface area contributed by atoms with Gasteiger partial charge in [-0.2, -0.15) is 0 Å². The SMILES string of the molecule is NS(=O)(=O)c1ccnc(Br)c1[N+](=O)[O-]. The van der Waals surface area contributed by atoms with E-state index >= 15 is 0 Å². The number of sulfonamides is 1. The molecule has 0 saturated carbocycles. The predicted molar refractivity (Wildman–Crippen MR) is 50.0 cm³/mol. The smallest absolute Gasteiger partial charge is 0.258 e. The number of primary sulfonamides is 1. The van der Waals surface area contributed by atoms with E-state index in [0.29, 0.717) is 0 Å². The number of aromatic nitrogens is 1. The summed E-state index contributed by atoms with van der Waals surface area (Å²) in [6, 6.07) is 0.970. The minimum atomic E-state index is -4.11. The van der Waals surface area contributed by atoms with Gasteiger partial charge in [-0.3, -0.25) is 10.1 Å². The van der Waals surface area contributed by atoms with Gasteiger partial charge in [0.1, 0.15) is 0 Å². The lowest BCUT2D eigenvalue weighted by molar-refractivity contribution is -0.389. The molecule has 7 nitrogen and oxygen atoms in total. The lowest BCUT2D eigenvalue weighted by atomic mass is 10.4. The molecule has 1 aromatic heterocycles. The molecular formula is C5H4BrN3O4S. The van der Waals surface area contributed by atoms with Crippen LogP contribution in [-0.2, 0) is 10.0 Å². The third kappa shape index (κ3) is 2.05. The molecule has 0 aromatic carbocycles. The third-order valence-electron chi connectivity index (χ3n) is 1.33. The van der Waals surface area contributed by atoms with Gasteiger partial charge in [-0.25, -0.2) is 18.5 Å². The lowest BCUT2D eigenvalue weighted by Gasteiger charge is -2.00. The van der Waals surface area contributed by atoms with E-state index in [4.69, 9.17) is 5.14 Å². The average molecular weight is 282 g/mol. The molecule has 1 rings (SSSR count). The van der Waals surface area contributed by atoms with Crippen molar-refractivity contribution in [2.75, 3.05) is 0 Å². The maximum absolute atomic E-state index is 10.9. The Morgan fingerprint density at radius 2 is 2.14 bits per heavy atom. The second-order valence-corrected chi connectivity index (χ2v) is 4.53. The molecule has 0 aliphatic carbocycles. The number of hydrogen-bond donors (Lipinski definition) is 1. The van der Waals surface area contributed by atoms with Crippen molar-refractivity contribution < 1.29 is 13.3 Å². The van der Waals surface area contributed by atoms with Gasteiger partial charge < -0.3 is 0 Å². The molecule has 0 bridgehead atoms. The van der Waals surface area contributed by atoms with Crippen molar-refractivity contribution in [1.29, 1.82) is 0 Å². The molecule has 1 heterocycles. The molecule has 0 aliphatic heterocycles. The van der Waals surface area contributed by atoms with Crippen molar-refractivity contribution in [3.05, 3.63) is 27.0 Å². The molecule has 14 heavy (non-hydrogen) atoms. The summed E-state index contributed by atoms with van der Waals surface area (Å²) in [4.78, 5) is 12.6. The Labute approximate surface area is 87.3 Å². The Morgan fingerprint density at radius 1 is 1.57 bits per heavy atom. The van der Waals surface area contributed by atoms with E-state index in [2.05, 4.69) is 20.9 Å². The Kier molecular flexibility index (Phi) is 2.83. The molecule has 0 aliphatic rings. The van der Waals surface area contributed by atoms with Crippen LogP contribution in [0.25, 0.3) is 0 Å². The quantitative estimate of drug-likeness (QED) is 0.478. The molecule has 2 N–H and O–H groups in total.